The van der Waals surface area contributed by atoms with Crippen molar-refractivity contribution < 1.29 is 14.3 Å². The fourth-order valence-electron chi connectivity index (χ4n) is 4.44. The van der Waals surface area contributed by atoms with E-state index in [0.717, 1.165) is 11.8 Å². The number of amides is 2. The standard InChI is InChI=1S/C21H24N4O4/c1-2-29-13-19(27)25-11-15-10-24(21(28)17-8-23-18(26)9-22-17)12-16(15)20(25)14-6-4-3-5-7-14/h3-9,15-16,20H,2,10-13H2,1H3,(H,23,26)/t15-,16-,20+/m0/s1. The fourth-order valence-corrected chi connectivity index (χ4v) is 4.44. The molecule has 0 unspecified atom stereocenters. The number of fused-ring (bicyclic) bond motifs is 1. The van der Waals surface area contributed by atoms with Crippen LogP contribution >= 0.6 is 0 Å². The van der Waals surface area contributed by atoms with Gasteiger partial charge in [-0.25, -0.2) is 4.98 Å². The van der Waals surface area contributed by atoms with E-state index < -0.39 is 0 Å². The molecule has 2 amide bonds. The van der Waals surface area contributed by atoms with Crippen LogP contribution in [0.2, 0.25) is 0 Å². The van der Waals surface area contributed by atoms with Gasteiger partial charge in [0.05, 0.1) is 12.2 Å². The lowest BCUT2D eigenvalue weighted by atomic mass is 9.89. The quantitative estimate of drug-likeness (QED) is 0.816. The molecule has 3 heterocycles. The van der Waals surface area contributed by atoms with Crippen LogP contribution in [-0.4, -0.2) is 64.4 Å². The number of H-pyrrole nitrogens is 1. The molecule has 2 aromatic rings. The largest absolute Gasteiger partial charge is 0.372 e. The first-order valence-electron chi connectivity index (χ1n) is 9.84. The zero-order chi connectivity index (χ0) is 20.4. The van der Waals surface area contributed by atoms with Gasteiger partial charge in [-0.15, -0.1) is 0 Å². The Labute approximate surface area is 168 Å². The summed E-state index contributed by atoms with van der Waals surface area (Å²) in [6.07, 6.45) is 2.47. The van der Waals surface area contributed by atoms with Crippen LogP contribution in [-0.2, 0) is 9.53 Å². The van der Waals surface area contributed by atoms with Crippen LogP contribution in [0.1, 0.15) is 29.0 Å². The Kier molecular flexibility index (Phi) is 5.44. The first-order chi connectivity index (χ1) is 14.1. The normalized spacial score (nSPS) is 23.3. The average molecular weight is 396 g/mol. The zero-order valence-corrected chi connectivity index (χ0v) is 16.3. The first-order valence-corrected chi connectivity index (χ1v) is 9.84. The minimum Gasteiger partial charge on any atom is -0.372 e. The van der Waals surface area contributed by atoms with E-state index >= 15 is 0 Å². The molecule has 1 aromatic carbocycles. The number of rotatable bonds is 5. The summed E-state index contributed by atoms with van der Waals surface area (Å²) < 4.78 is 5.35. The number of likely N-dealkylation sites (tertiary alicyclic amines) is 2. The molecular weight excluding hydrogens is 372 g/mol. The van der Waals surface area contributed by atoms with Crippen molar-refractivity contribution in [3.05, 3.63) is 64.3 Å². The summed E-state index contributed by atoms with van der Waals surface area (Å²) in [6.45, 7) is 4.14. The van der Waals surface area contributed by atoms with Gasteiger partial charge in [0.2, 0.25) is 5.91 Å². The Morgan fingerprint density at radius 1 is 1.21 bits per heavy atom. The molecular formula is C21H24N4O4. The van der Waals surface area contributed by atoms with E-state index in [1.54, 1.807) is 4.90 Å². The lowest BCUT2D eigenvalue weighted by Gasteiger charge is -2.30. The minimum absolute atomic E-state index is 0.0183. The highest BCUT2D eigenvalue weighted by molar-refractivity contribution is 5.92. The molecule has 29 heavy (non-hydrogen) atoms. The van der Waals surface area contributed by atoms with Crippen molar-refractivity contribution >= 4 is 11.8 Å². The smallest absolute Gasteiger partial charge is 0.273 e. The van der Waals surface area contributed by atoms with E-state index in [4.69, 9.17) is 4.74 Å². The summed E-state index contributed by atoms with van der Waals surface area (Å²) in [5.74, 6) is 0.122. The number of aromatic amines is 1. The van der Waals surface area contributed by atoms with Crippen molar-refractivity contribution in [2.45, 2.75) is 13.0 Å². The Hall–Kier alpha value is -3.00. The Morgan fingerprint density at radius 2 is 2.00 bits per heavy atom. The van der Waals surface area contributed by atoms with E-state index in [2.05, 4.69) is 9.97 Å². The summed E-state index contributed by atoms with van der Waals surface area (Å²) >= 11 is 0. The first kappa shape index (κ1) is 19.3. The van der Waals surface area contributed by atoms with Gasteiger partial charge in [0.15, 0.2) is 0 Å². The number of nitrogens with one attached hydrogen (secondary N) is 1. The molecule has 0 radical (unpaired) electrons. The summed E-state index contributed by atoms with van der Waals surface area (Å²) in [5, 5.41) is 0. The van der Waals surface area contributed by atoms with Crippen molar-refractivity contribution in [3.8, 4) is 0 Å². The van der Waals surface area contributed by atoms with E-state index in [9.17, 15) is 14.4 Å². The van der Waals surface area contributed by atoms with Crippen molar-refractivity contribution in [1.82, 2.24) is 19.8 Å². The molecule has 2 aliphatic rings. The second-order valence-electron chi connectivity index (χ2n) is 7.47. The summed E-state index contributed by atoms with van der Waals surface area (Å²) in [4.78, 5) is 46.9. The molecule has 0 bridgehead atoms. The molecule has 8 heteroatoms. The average Bonchev–Trinajstić information content (AvgIpc) is 3.30. The highest BCUT2D eigenvalue weighted by atomic mass is 16.5. The van der Waals surface area contributed by atoms with Gasteiger partial charge in [-0.2, -0.15) is 0 Å². The summed E-state index contributed by atoms with van der Waals surface area (Å²) in [6, 6.07) is 9.86. The molecule has 1 N–H and O–H groups in total. The van der Waals surface area contributed by atoms with Crippen LogP contribution in [0.25, 0.3) is 0 Å². The predicted molar refractivity (Wildman–Crippen MR) is 105 cm³/mol. The number of ether oxygens (including phenoxy) is 1. The van der Waals surface area contributed by atoms with E-state index in [-0.39, 0.29) is 47.6 Å². The van der Waals surface area contributed by atoms with Crippen molar-refractivity contribution in [2.24, 2.45) is 11.8 Å². The second kappa shape index (κ2) is 8.16. The van der Waals surface area contributed by atoms with E-state index in [1.165, 1.54) is 6.20 Å². The molecule has 8 nitrogen and oxygen atoms in total. The molecule has 2 aliphatic heterocycles. The number of hydrogen-bond acceptors (Lipinski definition) is 5. The molecule has 1 aromatic heterocycles. The topological polar surface area (TPSA) is 95.6 Å². The number of aromatic nitrogens is 2. The Bertz CT molecular complexity index is 925. The van der Waals surface area contributed by atoms with Gasteiger partial charge in [0, 0.05) is 44.3 Å². The predicted octanol–water partition coefficient (Wildman–Crippen LogP) is 1.08. The Balaban J connectivity index is 1.56. The van der Waals surface area contributed by atoms with Crippen molar-refractivity contribution in [2.75, 3.05) is 32.8 Å². The molecule has 152 valence electrons. The van der Waals surface area contributed by atoms with Gasteiger partial charge in [0.1, 0.15) is 12.3 Å². The van der Waals surface area contributed by atoms with Crippen LogP contribution in [0.5, 0.6) is 0 Å². The number of carbonyl (C=O) groups excluding carboxylic acids is 2. The monoisotopic (exact) mass is 396 g/mol. The van der Waals surface area contributed by atoms with Gasteiger partial charge >= 0.3 is 0 Å². The van der Waals surface area contributed by atoms with Crippen molar-refractivity contribution in [1.29, 1.82) is 0 Å². The maximum absolute atomic E-state index is 12.8. The number of benzene rings is 1. The SMILES string of the molecule is CCOCC(=O)N1C[C@@H]2CN(C(=O)c3c[nH]c(=O)cn3)C[C@@H]2[C@H]1c1ccccc1. The van der Waals surface area contributed by atoms with Crippen LogP contribution in [0, 0.1) is 11.8 Å². The van der Waals surface area contributed by atoms with Gasteiger partial charge < -0.3 is 19.5 Å². The second-order valence-corrected chi connectivity index (χ2v) is 7.47. The number of hydrogen-bond donors (Lipinski definition) is 1. The molecule has 3 atom stereocenters. The molecule has 0 spiro atoms. The number of carbonyl (C=O) groups is 2. The van der Waals surface area contributed by atoms with Crippen LogP contribution in [0.4, 0.5) is 0 Å². The molecule has 0 saturated carbocycles. The molecule has 2 saturated heterocycles. The van der Waals surface area contributed by atoms with Crippen LogP contribution in [0.3, 0.4) is 0 Å². The van der Waals surface area contributed by atoms with E-state index in [0.29, 0.717) is 26.2 Å². The zero-order valence-electron chi connectivity index (χ0n) is 16.3. The lowest BCUT2D eigenvalue weighted by molar-refractivity contribution is -0.137. The Morgan fingerprint density at radius 3 is 2.69 bits per heavy atom. The molecule has 4 rings (SSSR count). The summed E-state index contributed by atoms with van der Waals surface area (Å²) in [7, 11) is 0. The van der Waals surface area contributed by atoms with Gasteiger partial charge in [-0.1, -0.05) is 30.3 Å². The van der Waals surface area contributed by atoms with Gasteiger partial charge in [-0.3, -0.25) is 14.4 Å². The maximum Gasteiger partial charge on any atom is 0.273 e. The third-order valence-corrected chi connectivity index (χ3v) is 5.73. The number of nitrogens with zero attached hydrogens (tertiary/aromatic N) is 3. The molecule has 0 aliphatic carbocycles. The highest BCUT2D eigenvalue weighted by Crippen LogP contribution is 2.45. The maximum atomic E-state index is 12.8. The van der Waals surface area contributed by atoms with Crippen LogP contribution < -0.4 is 5.56 Å². The van der Waals surface area contributed by atoms with Gasteiger partial charge in [0.25, 0.3) is 11.5 Å². The molecule has 2 fully saturated rings. The van der Waals surface area contributed by atoms with Crippen molar-refractivity contribution in [3.63, 3.8) is 0 Å². The highest BCUT2D eigenvalue weighted by Gasteiger charge is 2.50. The fraction of sp³-hybridized carbons (Fsp3) is 0.429. The van der Waals surface area contributed by atoms with Gasteiger partial charge in [-0.05, 0) is 12.5 Å². The van der Waals surface area contributed by atoms with Crippen LogP contribution in [0.15, 0.2) is 47.5 Å². The summed E-state index contributed by atoms with van der Waals surface area (Å²) in [5.41, 5.74) is 0.957. The lowest BCUT2D eigenvalue weighted by Crippen LogP contribution is -2.39. The third kappa shape index (κ3) is 3.80. The van der Waals surface area contributed by atoms with E-state index in [1.807, 2.05) is 42.2 Å². The third-order valence-electron chi connectivity index (χ3n) is 5.73. The minimum atomic E-state index is -0.340.